The highest BCUT2D eigenvalue weighted by molar-refractivity contribution is 5.74. The van der Waals surface area contributed by atoms with Crippen molar-refractivity contribution in [3.63, 3.8) is 0 Å². The van der Waals surface area contributed by atoms with Crippen LogP contribution in [0.1, 0.15) is 60.8 Å². The summed E-state index contributed by atoms with van der Waals surface area (Å²) in [6.07, 6.45) is -0.263. The molecule has 0 aromatic carbocycles. The molecule has 27 heavy (non-hydrogen) atoms. The molecule has 0 aromatic rings. The summed E-state index contributed by atoms with van der Waals surface area (Å²) < 4.78 is 5.29. The number of carboxylic acids is 1. The molecule has 0 saturated heterocycles. The van der Waals surface area contributed by atoms with E-state index < -0.39 is 47.7 Å². The standard InChI is InChI=1S/C19H34N2O6/c1-7-11(8-2)15(20-10(3)22)14-13(9-12(16(14)23)17(24)25)21-18(26)27-19(4,5)6/h11-16,23H,7-9H2,1-6H3,(H,20,22)(H,21,26)(H,24,25). The molecule has 0 aromatic heterocycles. The number of rotatable bonds is 7. The van der Waals surface area contributed by atoms with Crippen LogP contribution in [0.4, 0.5) is 4.79 Å². The molecule has 1 saturated carbocycles. The number of amides is 2. The van der Waals surface area contributed by atoms with Crippen LogP contribution >= 0.6 is 0 Å². The van der Waals surface area contributed by atoms with Gasteiger partial charge in [0.2, 0.25) is 5.91 Å². The first-order chi connectivity index (χ1) is 12.4. The number of carbonyl (C=O) groups excluding carboxylic acids is 2. The third-order valence-electron chi connectivity index (χ3n) is 5.14. The van der Waals surface area contributed by atoms with Gasteiger partial charge < -0.3 is 25.6 Å². The molecule has 1 aliphatic rings. The summed E-state index contributed by atoms with van der Waals surface area (Å²) in [7, 11) is 0. The number of hydrogen-bond donors (Lipinski definition) is 4. The number of aliphatic hydroxyl groups is 1. The number of hydrogen-bond acceptors (Lipinski definition) is 5. The predicted molar refractivity (Wildman–Crippen MR) is 100 cm³/mol. The van der Waals surface area contributed by atoms with Crippen LogP contribution < -0.4 is 10.6 Å². The summed E-state index contributed by atoms with van der Waals surface area (Å²) in [6, 6.07) is -1.06. The Bertz CT molecular complexity index is 541. The minimum absolute atomic E-state index is 0.0454. The Hall–Kier alpha value is -1.83. The third-order valence-corrected chi connectivity index (χ3v) is 5.14. The van der Waals surface area contributed by atoms with Gasteiger partial charge in [0.15, 0.2) is 0 Å². The SMILES string of the molecule is CCC(CC)C(NC(C)=O)C1C(NC(=O)OC(C)(C)C)CC(C(=O)O)C1O. The Labute approximate surface area is 161 Å². The molecule has 0 radical (unpaired) electrons. The van der Waals surface area contributed by atoms with Gasteiger partial charge in [-0.3, -0.25) is 9.59 Å². The summed E-state index contributed by atoms with van der Waals surface area (Å²) in [5.74, 6) is -2.96. The minimum atomic E-state index is -1.18. The van der Waals surface area contributed by atoms with Crippen molar-refractivity contribution in [3.05, 3.63) is 0 Å². The Morgan fingerprint density at radius 1 is 1.19 bits per heavy atom. The first-order valence-corrected chi connectivity index (χ1v) is 9.58. The van der Waals surface area contributed by atoms with Gasteiger partial charge in [-0.2, -0.15) is 0 Å². The van der Waals surface area contributed by atoms with Gasteiger partial charge in [0, 0.05) is 24.9 Å². The quantitative estimate of drug-likeness (QED) is 0.530. The second-order valence-electron chi connectivity index (χ2n) is 8.30. The van der Waals surface area contributed by atoms with Crippen LogP contribution in [0.15, 0.2) is 0 Å². The number of ether oxygens (including phenoxy) is 1. The molecule has 156 valence electrons. The molecule has 4 N–H and O–H groups in total. The highest BCUT2D eigenvalue weighted by Crippen LogP contribution is 2.38. The molecule has 0 aliphatic heterocycles. The van der Waals surface area contributed by atoms with E-state index in [0.717, 1.165) is 12.8 Å². The van der Waals surface area contributed by atoms with E-state index in [1.807, 2.05) is 13.8 Å². The van der Waals surface area contributed by atoms with Gasteiger partial charge in [-0.1, -0.05) is 26.7 Å². The van der Waals surface area contributed by atoms with E-state index in [0.29, 0.717) is 0 Å². The van der Waals surface area contributed by atoms with Crippen LogP contribution in [0.25, 0.3) is 0 Å². The number of carbonyl (C=O) groups is 3. The number of alkyl carbamates (subject to hydrolysis) is 1. The molecule has 1 fully saturated rings. The second kappa shape index (κ2) is 9.39. The Morgan fingerprint density at radius 3 is 2.15 bits per heavy atom. The molecule has 2 amide bonds. The maximum Gasteiger partial charge on any atom is 0.407 e. The maximum atomic E-state index is 12.2. The lowest BCUT2D eigenvalue weighted by Crippen LogP contribution is -2.54. The van der Waals surface area contributed by atoms with Crippen molar-refractivity contribution in [1.82, 2.24) is 10.6 Å². The third kappa shape index (κ3) is 6.37. The number of nitrogens with one attached hydrogen (secondary N) is 2. The molecule has 0 bridgehead atoms. The van der Waals surface area contributed by atoms with Gasteiger partial charge in [0.25, 0.3) is 0 Å². The lowest BCUT2D eigenvalue weighted by atomic mass is 9.80. The minimum Gasteiger partial charge on any atom is -0.481 e. The van der Waals surface area contributed by atoms with Gasteiger partial charge in [-0.15, -0.1) is 0 Å². The molecule has 8 heteroatoms. The van der Waals surface area contributed by atoms with E-state index in [1.54, 1.807) is 20.8 Å². The van der Waals surface area contributed by atoms with Gasteiger partial charge in [-0.05, 0) is 33.1 Å². The summed E-state index contributed by atoms with van der Waals surface area (Å²) >= 11 is 0. The van der Waals surface area contributed by atoms with Crippen molar-refractivity contribution in [1.29, 1.82) is 0 Å². The predicted octanol–water partition coefficient (Wildman–Crippen LogP) is 1.90. The van der Waals surface area contributed by atoms with Crippen molar-refractivity contribution >= 4 is 18.0 Å². The lowest BCUT2D eigenvalue weighted by molar-refractivity contribution is -0.145. The zero-order chi connectivity index (χ0) is 20.9. The van der Waals surface area contributed by atoms with Crippen LogP contribution in [0.2, 0.25) is 0 Å². The van der Waals surface area contributed by atoms with Crippen LogP contribution in [0.3, 0.4) is 0 Å². The zero-order valence-corrected chi connectivity index (χ0v) is 17.1. The Kier molecular flexibility index (Phi) is 8.07. The van der Waals surface area contributed by atoms with Crippen molar-refractivity contribution in [2.75, 3.05) is 0 Å². The van der Waals surface area contributed by atoms with E-state index in [2.05, 4.69) is 10.6 Å². The largest absolute Gasteiger partial charge is 0.481 e. The molecule has 0 heterocycles. The van der Waals surface area contributed by atoms with E-state index in [-0.39, 0.29) is 18.2 Å². The second-order valence-corrected chi connectivity index (χ2v) is 8.30. The fourth-order valence-corrected chi connectivity index (χ4v) is 3.96. The normalized spacial score (nSPS) is 26.5. The molecule has 1 aliphatic carbocycles. The fraction of sp³-hybridized carbons (Fsp3) is 0.842. The highest BCUT2D eigenvalue weighted by Gasteiger charge is 2.51. The van der Waals surface area contributed by atoms with E-state index in [4.69, 9.17) is 4.74 Å². The fourth-order valence-electron chi connectivity index (χ4n) is 3.96. The number of aliphatic carboxylic acids is 1. The lowest BCUT2D eigenvalue weighted by Gasteiger charge is -2.36. The first kappa shape index (κ1) is 23.2. The molecule has 1 rings (SSSR count). The topological polar surface area (TPSA) is 125 Å². The van der Waals surface area contributed by atoms with Crippen LogP contribution in [-0.4, -0.2) is 52.0 Å². The van der Waals surface area contributed by atoms with E-state index in [9.17, 15) is 24.6 Å². The van der Waals surface area contributed by atoms with Crippen molar-refractivity contribution in [2.24, 2.45) is 17.8 Å². The average Bonchev–Trinajstić information content (AvgIpc) is 2.81. The van der Waals surface area contributed by atoms with Crippen molar-refractivity contribution in [2.45, 2.75) is 84.6 Å². The first-order valence-electron chi connectivity index (χ1n) is 9.58. The monoisotopic (exact) mass is 386 g/mol. The maximum absolute atomic E-state index is 12.2. The molecular formula is C19H34N2O6. The molecule has 5 atom stereocenters. The van der Waals surface area contributed by atoms with Gasteiger partial charge in [0.05, 0.1) is 12.0 Å². The highest BCUT2D eigenvalue weighted by atomic mass is 16.6. The number of aliphatic hydroxyl groups excluding tert-OH is 1. The van der Waals surface area contributed by atoms with E-state index >= 15 is 0 Å². The van der Waals surface area contributed by atoms with Crippen LogP contribution in [0.5, 0.6) is 0 Å². The van der Waals surface area contributed by atoms with Gasteiger partial charge >= 0.3 is 12.1 Å². The summed E-state index contributed by atoms with van der Waals surface area (Å²) in [6.45, 7) is 10.6. The van der Waals surface area contributed by atoms with Crippen molar-refractivity contribution < 1.29 is 29.3 Å². The average molecular weight is 386 g/mol. The summed E-state index contributed by atoms with van der Waals surface area (Å²) in [5, 5.41) is 25.8. The van der Waals surface area contributed by atoms with Crippen LogP contribution in [-0.2, 0) is 14.3 Å². The van der Waals surface area contributed by atoms with Gasteiger partial charge in [-0.25, -0.2) is 4.79 Å². The Morgan fingerprint density at radius 2 is 1.74 bits per heavy atom. The molecule has 0 spiro atoms. The molecule has 5 unspecified atom stereocenters. The molecule has 8 nitrogen and oxygen atoms in total. The van der Waals surface area contributed by atoms with Crippen LogP contribution in [0, 0.1) is 17.8 Å². The number of carboxylic acid groups (broad SMARTS) is 1. The summed E-state index contributed by atoms with van der Waals surface area (Å²) in [4.78, 5) is 35.6. The summed E-state index contributed by atoms with van der Waals surface area (Å²) in [5.41, 5.74) is -0.699. The Balaban J connectivity index is 3.17. The molecular weight excluding hydrogens is 352 g/mol. The zero-order valence-electron chi connectivity index (χ0n) is 17.1. The van der Waals surface area contributed by atoms with E-state index in [1.165, 1.54) is 6.92 Å². The smallest absolute Gasteiger partial charge is 0.407 e. The van der Waals surface area contributed by atoms with Crippen molar-refractivity contribution in [3.8, 4) is 0 Å². The van der Waals surface area contributed by atoms with Gasteiger partial charge in [0.1, 0.15) is 5.60 Å².